The largest absolute Gasteiger partial charge is 0.480 e. The van der Waals surface area contributed by atoms with Crippen molar-refractivity contribution < 1.29 is 19.1 Å². The van der Waals surface area contributed by atoms with E-state index >= 15 is 0 Å². The Hall–Kier alpha value is -2.15. The first-order valence-corrected chi connectivity index (χ1v) is 8.41. The molecule has 1 atom stereocenters. The van der Waals surface area contributed by atoms with Gasteiger partial charge in [-0.2, -0.15) is 0 Å². The van der Waals surface area contributed by atoms with Crippen molar-refractivity contribution in [2.24, 2.45) is 0 Å². The maximum atomic E-state index is 12.1. The maximum Gasteiger partial charge on any atom is 0.326 e. The molecule has 6 nitrogen and oxygen atoms in total. The molecule has 0 spiro atoms. The zero-order valence-corrected chi connectivity index (χ0v) is 14.0. The van der Waals surface area contributed by atoms with E-state index in [1.54, 1.807) is 6.92 Å². The van der Waals surface area contributed by atoms with Crippen molar-refractivity contribution in [1.29, 1.82) is 0 Å². The van der Waals surface area contributed by atoms with Gasteiger partial charge in [0.15, 0.2) is 0 Å². The SMILES string of the molecule is CCCC[C@H](NC(=O)Cc1nc(-c2cccs2)oc1C)C(=O)O. The van der Waals surface area contributed by atoms with Crippen LogP contribution in [0.2, 0.25) is 0 Å². The number of nitrogens with one attached hydrogen (secondary N) is 1. The molecule has 1 amide bonds. The van der Waals surface area contributed by atoms with Crippen LogP contribution in [-0.2, 0) is 16.0 Å². The first kappa shape index (κ1) is 17.2. The van der Waals surface area contributed by atoms with Crippen molar-refractivity contribution in [3.63, 3.8) is 0 Å². The van der Waals surface area contributed by atoms with Gasteiger partial charge in [-0.05, 0) is 24.8 Å². The molecule has 0 radical (unpaired) electrons. The third kappa shape index (κ3) is 4.66. The van der Waals surface area contributed by atoms with Gasteiger partial charge in [0.1, 0.15) is 11.8 Å². The van der Waals surface area contributed by atoms with E-state index in [4.69, 9.17) is 9.52 Å². The van der Waals surface area contributed by atoms with E-state index in [1.807, 2.05) is 24.4 Å². The smallest absolute Gasteiger partial charge is 0.326 e. The molecule has 2 rings (SSSR count). The predicted octanol–water partition coefficient (Wildman–Crippen LogP) is 3.01. The molecule has 2 N–H and O–H groups in total. The van der Waals surface area contributed by atoms with Gasteiger partial charge < -0.3 is 14.8 Å². The molecule has 23 heavy (non-hydrogen) atoms. The van der Waals surface area contributed by atoms with E-state index in [9.17, 15) is 9.59 Å². The Kier molecular flexibility index (Phi) is 5.92. The molecule has 2 heterocycles. The molecule has 0 saturated carbocycles. The van der Waals surface area contributed by atoms with E-state index in [0.29, 0.717) is 23.8 Å². The molecule has 0 aromatic carbocycles. The lowest BCUT2D eigenvalue weighted by Crippen LogP contribution is -2.41. The highest BCUT2D eigenvalue weighted by molar-refractivity contribution is 7.13. The number of nitrogens with zero attached hydrogens (tertiary/aromatic N) is 1. The van der Waals surface area contributed by atoms with E-state index < -0.39 is 12.0 Å². The molecule has 0 unspecified atom stereocenters. The highest BCUT2D eigenvalue weighted by Crippen LogP contribution is 2.26. The van der Waals surface area contributed by atoms with E-state index in [1.165, 1.54) is 11.3 Å². The van der Waals surface area contributed by atoms with Crippen molar-refractivity contribution in [3.05, 3.63) is 29.0 Å². The Morgan fingerprint density at radius 3 is 2.87 bits per heavy atom. The molecule has 7 heteroatoms. The van der Waals surface area contributed by atoms with Gasteiger partial charge in [0.25, 0.3) is 0 Å². The van der Waals surface area contributed by atoms with Gasteiger partial charge in [-0.3, -0.25) is 4.79 Å². The lowest BCUT2D eigenvalue weighted by molar-refractivity contribution is -0.142. The Morgan fingerprint density at radius 1 is 1.48 bits per heavy atom. The second-order valence-corrected chi connectivity index (χ2v) is 6.22. The summed E-state index contributed by atoms with van der Waals surface area (Å²) in [5.41, 5.74) is 0.533. The average molecular weight is 336 g/mol. The molecule has 0 aliphatic carbocycles. The molecule has 0 aliphatic heterocycles. The van der Waals surface area contributed by atoms with Crippen molar-refractivity contribution in [3.8, 4) is 10.8 Å². The summed E-state index contributed by atoms with van der Waals surface area (Å²) in [6.07, 6.45) is 2.07. The van der Waals surface area contributed by atoms with Gasteiger partial charge in [-0.1, -0.05) is 25.8 Å². The van der Waals surface area contributed by atoms with E-state index in [2.05, 4.69) is 10.3 Å². The molecular weight excluding hydrogens is 316 g/mol. The van der Waals surface area contributed by atoms with Crippen LogP contribution in [0.15, 0.2) is 21.9 Å². The number of hydrogen-bond acceptors (Lipinski definition) is 5. The number of thiophene rings is 1. The monoisotopic (exact) mass is 336 g/mol. The summed E-state index contributed by atoms with van der Waals surface area (Å²) < 4.78 is 5.58. The van der Waals surface area contributed by atoms with Crippen LogP contribution in [0.4, 0.5) is 0 Å². The fraction of sp³-hybridized carbons (Fsp3) is 0.438. The number of carboxylic acids is 1. The van der Waals surface area contributed by atoms with Crippen molar-refractivity contribution in [1.82, 2.24) is 10.3 Å². The van der Waals surface area contributed by atoms with Crippen LogP contribution in [0.25, 0.3) is 10.8 Å². The van der Waals surface area contributed by atoms with Crippen LogP contribution in [-0.4, -0.2) is 28.0 Å². The molecule has 0 saturated heterocycles. The number of carbonyl (C=O) groups is 2. The molecule has 0 bridgehead atoms. The van der Waals surface area contributed by atoms with Crippen molar-refractivity contribution in [2.75, 3.05) is 0 Å². The molecule has 0 aliphatic rings. The number of aliphatic carboxylic acids is 1. The van der Waals surface area contributed by atoms with Gasteiger partial charge in [0, 0.05) is 0 Å². The number of aryl methyl sites for hydroxylation is 1. The fourth-order valence-corrected chi connectivity index (χ4v) is 2.81. The quantitative estimate of drug-likeness (QED) is 0.773. The number of rotatable bonds is 8. The highest BCUT2D eigenvalue weighted by atomic mass is 32.1. The zero-order chi connectivity index (χ0) is 16.8. The summed E-state index contributed by atoms with van der Waals surface area (Å²) in [5, 5.41) is 13.6. The second kappa shape index (κ2) is 7.92. The van der Waals surface area contributed by atoms with Crippen LogP contribution >= 0.6 is 11.3 Å². The summed E-state index contributed by atoms with van der Waals surface area (Å²) in [4.78, 5) is 28.5. The minimum atomic E-state index is -1.01. The van der Waals surface area contributed by atoms with Crippen molar-refractivity contribution >= 4 is 23.2 Å². The first-order chi connectivity index (χ1) is 11.0. The third-order valence-electron chi connectivity index (χ3n) is 3.43. The minimum Gasteiger partial charge on any atom is -0.480 e. The van der Waals surface area contributed by atoms with Gasteiger partial charge in [-0.15, -0.1) is 11.3 Å². The Labute approximate surface area is 138 Å². The maximum absolute atomic E-state index is 12.1. The fourth-order valence-electron chi connectivity index (χ4n) is 2.16. The lowest BCUT2D eigenvalue weighted by atomic mass is 10.1. The number of amides is 1. The highest BCUT2D eigenvalue weighted by Gasteiger charge is 2.21. The normalized spacial score (nSPS) is 12.1. The molecule has 0 fully saturated rings. The number of carboxylic acid groups (broad SMARTS) is 1. The topological polar surface area (TPSA) is 92.4 Å². The summed E-state index contributed by atoms with van der Waals surface area (Å²) in [6.45, 7) is 3.73. The van der Waals surface area contributed by atoms with Crippen LogP contribution in [0.1, 0.15) is 37.6 Å². The molecule has 2 aromatic heterocycles. The summed E-state index contributed by atoms with van der Waals surface area (Å²) in [7, 11) is 0. The minimum absolute atomic E-state index is 0.0105. The lowest BCUT2D eigenvalue weighted by Gasteiger charge is -2.13. The van der Waals surface area contributed by atoms with Crippen LogP contribution in [0.5, 0.6) is 0 Å². The van der Waals surface area contributed by atoms with Gasteiger partial charge in [-0.25, -0.2) is 9.78 Å². The van der Waals surface area contributed by atoms with Crippen molar-refractivity contribution in [2.45, 2.75) is 45.6 Å². The Morgan fingerprint density at radius 2 is 2.26 bits per heavy atom. The molecule has 124 valence electrons. The number of unbranched alkanes of at least 4 members (excludes halogenated alkanes) is 1. The first-order valence-electron chi connectivity index (χ1n) is 7.53. The van der Waals surface area contributed by atoms with Crippen LogP contribution in [0, 0.1) is 6.92 Å². The predicted molar refractivity (Wildman–Crippen MR) is 87.3 cm³/mol. The average Bonchev–Trinajstić information content (AvgIpc) is 3.13. The Balaban J connectivity index is 2.01. The summed E-state index contributed by atoms with van der Waals surface area (Å²) >= 11 is 1.51. The van der Waals surface area contributed by atoms with Crippen LogP contribution < -0.4 is 5.32 Å². The van der Waals surface area contributed by atoms with E-state index in [-0.39, 0.29) is 12.3 Å². The van der Waals surface area contributed by atoms with Gasteiger partial charge in [0.05, 0.1) is 17.0 Å². The molecular formula is C16H20N2O4S. The number of carbonyl (C=O) groups excluding carboxylic acids is 1. The zero-order valence-electron chi connectivity index (χ0n) is 13.2. The second-order valence-electron chi connectivity index (χ2n) is 5.28. The number of oxazole rings is 1. The van der Waals surface area contributed by atoms with Crippen LogP contribution in [0.3, 0.4) is 0 Å². The number of aromatic nitrogens is 1. The van der Waals surface area contributed by atoms with Gasteiger partial charge >= 0.3 is 5.97 Å². The van der Waals surface area contributed by atoms with Gasteiger partial charge in [0.2, 0.25) is 11.8 Å². The van der Waals surface area contributed by atoms with E-state index in [0.717, 1.165) is 17.7 Å². The standard InChI is InChI=1S/C16H20N2O4S/c1-3-4-6-11(16(20)21)17-14(19)9-12-10(2)22-15(18-12)13-7-5-8-23-13/h5,7-8,11H,3-4,6,9H2,1-2H3,(H,17,19)(H,20,21)/t11-/m0/s1. The summed E-state index contributed by atoms with van der Waals surface area (Å²) in [5.74, 6) is -0.310. The third-order valence-corrected chi connectivity index (χ3v) is 4.29. The summed E-state index contributed by atoms with van der Waals surface area (Å²) in [6, 6.07) is 2.94. The molecule has 2 aromatic rings. The number of hydrogen-bond donors (Lipinski definition) is 2. The Bertz CT molecular complexity index is 664.